The molecular formula is C32H36N4O5. The summed E-state index contributed by atoms with van der Waals surface area (Å²) in [6.07, 6.45) is 5.23. The van der Waals surface area contributed by atoms with Crippen LogP contribution in [0.2, 0.25) is 0 Å². The van der Waals surface area contributed by atoms with E-state index in [2.05, 4.69) is 45.1 Å². The van der Waals surface area contributed by atoms with Crippen LogP contribution >= 0.6 is 0 Å². The number of carboxylic acid groups (broad SMARTS) is 1. The van der Waals surface area contributed by atoms with E-state index in [4.69, 9.17) is 19.4 Å². The number of aromatic amines is 1. The summed E-state index contributed by atoms with van der Waals surface area (Å²) in [4.78, 5) is 22.7. The first-order chi connectivity index (χ1) is 19.7. The second-order valence-corrected chi connectivity index (χ2v) is 10.1. The number of carbonyl (C=O) groups is 2. The molecule has 2 heterocycles. The number of benzene rings is 3. The molecule has 0 saturated carbocycles. The Morgan fingerprint density at radius 2 is 1.59 bits per heavy atom. The van der Waals surface area contributed by atoms with Crippen molar-refractivity contribution in [3.63, 3.8) is 0 Å². The minimum Gasteiger partial charge on any atom is -0.491 e. The van der Waals surface area contributed by atoms with E-state index in [0.29, 0.717) is 11.5 Å². The highest BCUT2D eigenvalue weighted by Crippen LogP contribution is 2.36. The van der Waals surface area contributed by atoms with Gasteiger partial charge in [0.15, 0.2) is 0 Å². The number of hydrogen-bond acceptors (Lipinski definition) is 6. The van der Waals surface area contributed by atoms with Crippen molar-refractivity contribution in [3.05, 3.63) is 90.8 Å². The Morgan fingerprint density at radius 1 is 0.927 bits per heavy atom. The van der Waals surface area contributed by atoms with Gasteiger partial charge in [0.25, 0.3) is 5.97 Å². The van der Waals surface area contributed by atoms with Crippen molar-refractivity contribution in [2.24, 2.45) is 0 Å². The van der Waals surface area contributed by atoms with Crippen LogP contribution in [0.15, 0.2) is 85.2 Å². The van der Waals surface area contributed by atoms with Crippen LogP contribution < -0.4 is 20.1 Å². The summed E-state index contributed by atoms with van der Waals surface area (Å²) in [5.41, 5.74) is 3.27. The fourth-order valence-electron chi connectivity index (χ4n) is 4.77. The van der Waals surface area contributed by atoms with Gasteiger partial charge in [-0.05, 0) is 87.3 Å². The molecule has 4 N–H and O–H groups in total. The number of nitrogens with zero attached hydrogens (tertiary/aromatic N) is 1. The molecule has 41 heavy (non-hydrogen) atoms. The van der Waals surface area contributed by atoms with Gasteiger partial charge in [-0.2, -0.15) is 5.10 Å². The molecule has 0 radical (unpaired) electrons. The van der Waals surface area contributed by atoms with Gasteiger partial charge in [-0.25, -0.2) is 0 Å². The number of ether oxygens (including phenoxy) is 2. The number of anilines is 1. The second kappa shape index (κ2) is 13.6. The molecule has 5 rings (SSSR count). The molecule has 0 atom stereocenters. The van der Waals surface area contributed by atoms with Gasteiger partial charge in [0.2, 0.25) is 5.91 Å². The van der Waals surface area contributed by atoms with Crippen molar-refractivity contribution in [2.45, 2.75) is 45.1 Å². The fourth-order valence-corrected chi connectivity index (χ4v) is 4.77. The first-order valence-corrected chi connectivity index (χ1v) is 13.6. The second-order valence-electron chi connectivity index (χ2n) is 10.1. The molecule has 0 spiro atoms. The number of piperidine rings is 1. The minimum atomic E-state index is -0.833. The third kappa shape index (κ3) is 7.95. The van der Waals surface area contributed by atoms with E-state index in [1.165, 1.54) is 0 Å². The van der Waals surface area contributed by atoms with Gasteiger partial charge in [0.05, 0.1) is 17.7 Å². The zero-order valence-electron chi connectivity index (χ0n) is 23.5. The highest BCUT2D eigenvalue weighted by molar-refractivity contribution is 5.99. The standard InChI is InChI=1S/C30H32N4O3.C2H4O2/c1-21(2)36-27-4-3-5-28(18-27)37-26-12-10-25(11-13-26)34-29(35)30(14-16-31-17-15-30)24-8-6-22(7-9-24)23-19-32-33-20-23;1-2(3)4/h3-13,18-21,31H,14-17H2,1-2H3,(H,32,33)(H,34,35);1H3,(H,3,4). The number of hydrogen-bond donors (Lipinski definition) is 4. The summed E-state index contributed by atoms with van der Waals surface area (Å²) in [7, 11) is 0. The van der Waals surface area contributed by atoms with Crippen molar-refractivity contribution in [1.29, 1.82) is 0 Å². The molecule has 0 bridgehead atoms. The Bertz CT molecular complexity index is 1410. The van der Waals surface area contributed by atoms with E-state index in [1.807, 2.05) is 68.6 Å². The lowest BCUT2D eigenvalue weighted by Crippen LogP contribution is -2.48. The third-order valence-corrected chi connectivity index (χ3v) is 6.69. The zero-order valence-corrected chi connectivity index (χ0v) is 23.5. The van der Waals surface area contributed by atoms with Crippen molar-refractivity contribution >= 4 is 17.6 Å². The summed E-state index contributed by atoms with van der Waals surface area (Å²) in [5.74, 6) is 1.33. The van der Waals surface area contributed by atoms with Crippen LogP contribution in [0.3, 0.4) is 0 Å². The van der Waals surface area contributed by atoms with Crippen molar-refractivity contribution < 1.29 is 24.2 Å². The molecule has 0 aliphatic carbocycles. The summed E-state index contributed by atoms with van der Waals surface area (Å²) < 4.78 is 11.7. The molecule has 9 nitrogen and oxygen atoms in total. The maximum absolute atomic E-state index is 13.7. The number of H-pyrrole nitrogens is 1. The van der Waals surface area contributed by atoms with Crippen LogP contribution in [0.4, 0.5) is 5.69 Å². The van der Waals surface area contributed by atoms with E-state index in [1.54, 1.807) is 6.20 Å². The highest BCUT2D eigenvalue weighted by atomic mass is 16.5. The van der Waals surface area contributed by atoms with Crippen LogP contribution in [0.1, 0.15) is 39.2 Å². The largest absolute Gasteiger partial charge is 0.491 e. The van der Waals surface area contributed by atoms with Gasteiger partial charge in [-0.1, -0.05) is 30.3 Å². The number of nitrogens with one attached hydrogen (secondary N) is 3. The lowest BCUT2D eigenvalue weighted by Gasteiger charge is -2.37. The SMILES string of the molecule is CC(=O)O.CC(C)Oc1cccc(Oc2ccc(NC(=O)C3(c4ccc(-c5cn[nH]c5)cc4)CCNCC3)cc2)c1. The zero-order chi connectivity index (χ0) is 29.2. The number of rotatable bonds is 8. The van der Waals surface area contributed by atoms with Crippen molar-refractivity contribution in [3.8, 4) is 28.4 Å². The van der Waals surface area contributed by atoms with Crippen LogP contribution in [-0.4, -0.2) is 46.4 Å². The third-order valence-electron chi connectivity index (χ3n) is 6.69. The molecule has 0 unspecified atom stereocenters. The quantitative estimate of drug-likeness (QED) is 0.210. The summed E-state index contributed by atoms with van der Waals surface area (Å²) in [6, 6.07) is 23.3. The smallest absolute Gasteiger partial charge is 0.300 e. The Labute approximate surface area is 239 Å². The number of amides is 1. The number of carboxylic acids is 1. The molecule has 4 aromatic rings. The Morgan fingerprint density at radius 3 is 2.20 bits per heavy atom. The Hall–Kier alpha value is -4.63. The number of aliphatic carboxylic acids is 1. The molecule has 214 valence electrons. The topological polar surface area (TPSA) is 126 Å². The molecule has 1 aliphatic heterocycles. The van der Waals surface area contributed by atoms with Crippen LogP contribution in [0.5, 0.6) is 17.2 Å². The Kier molecular flexibility index (Phi) is 9.76. The van der Waals surface area contributed by atoms with Gasteiger partial charge in [-0.15, -0.1) is 0 Å². The summed E-state index contributed by atoms with van der Waals surface area (Å²) in [6.45, 7) is 6.65. The van der Waals surface area contributed by atoms with Gasteiger partial charge >= 0.3 is 0 Å². The molecule has 3 aromatic carbocycles. The van der Waals surface area contributed by atoms with E-state index < -0.39 is 11.4 Å². The number of carbonyl (C=O) groups excluding carboxylic acids is 1. The fraction of sp³-hybridized carbons (Fsp3) is 0.281. The summed E-state index contributed by atoms with van der Waals surface area (Å²) in [5, 5.41) is 20.8. The van der Waals surface area contributed by atoms with Gasteiger partial charge < -0.3 is 25.2 Å². The first-order valence-electron chi connectivity index (χ1n) is 13.6. The van der Waals surface area contributed by atoms with Gasteiger partial charge in [0.1, 0.15) is 17.2 Å². The van der Waals surface area contributed by atoms with Crippen LogP contribution in [-0.2, 0) is 15.0 Å². The number of aromatic nitrogens is 2. The van der Waals surface area contributed by atoms with Crippen LogP contribution in [0, 0.1) is 0 Å². The lowest BCUT2D eigenvalue weighted by molar-refractivity contribution is -0.134. The van der Waals surface area contributed by atoms with Crippen molar-refractivity contribution in [2.75, 3.05) is 18.4 Å². The normalized spacial score (nSPS) is 14.0. The predicted octanol–water partition coefficient (Wildman–Crippen LogP) is 6.01. The van der Waals surface area contributed by atoms with E-state index >= 15 is 0 Å². The summed E-state index contributed by atoms with van der Waals surface area (Å²) >= 11 is 0. The molecule has 1 fully saturated rings. The molecular weight excluding hydrogens is 520 g/mol. The Balaban J connectivity index is 0.000000909. The maximum atomic E-state index is 13.7. The average molecular weight is 557 g/mol. The van der Waals surface area contributed by atoms with Gasteiger partial charge in [0, 0.05) is 30.4 Å². The van der Waals surface area contributed by atoms with E-state index in [-0.39, 0.29) is 12.0 Å². The van der Waals surface area contributed by atoms with Gasteiger partial charge in [-0.3, -0.25) is 14.7 Å². The van der Waals surface area contributed by atoms with E-state index in [9.17, 15) is 4.79 Å². The monoisotopic (exact) mass is 556 g/mol. The van der Waals surface area contributed by atoms with E-state index in [0.717, 1.165) is 61.0 Å². The molecule has 1 aromatic heterocycles. The first kappa shape index (κ1) is 29.4. The average Bonchev–Trinajstić information content (AvgIpc) is 3.49. The highest BCUT2D eigenvalue weighted by Gasteiger charge is 2.41. The molecule has 1 saturated heterocycles. The van der Waals surface area contributed by atoms with Crippen molar-refractivity contribution in [1.82, 2.24) is 15.5 Å². The molecule has 1 aliphatic rings. The van der Waals surface area contributed by atoms with Crippen LogP contribution in [0.25, 0.3) is 11.1 Å². The minimum absolute atomic E-state index is 0.0114. The molecule has 9 heteroatoms. The maximum Gasteiger partial charge on any atom is 0.300 e. The lowest BCUT2D eigenvalue weighted by atomic mass is 9.72. The predicted molar refractivity (Wildman–Crippen MR) is 158 cm³/mol. The molecule has 1 amide bonds.